The Morgan fingerprint density at radius 1 is 1.16 bits per heavy atom. The Morgan fingerprint density at radius 2 is 1.96 bits per heavy atom. The summed E-state index contributed by atoms with van der Waals surface area (Å²) in [4.78, 5) is 29.8. The summed E-state index contributed by atoms with van der Waals surface area (Å²) >= 11 is 0. The van der Waals surface area contributed by atoms with E-state index < -0.39 is 0 Å². The summed E-state index contributed by atoms with van der Waals surface area (Å²) < 4.78 is 5.65. The van der Waals surface area contributed by atoms with Crippen LogP contribution in [0.5, 0.6) is 5.75 Å². The van der Waals surface area contributed by atoms with Crippen LogP contribution in [0.1, 0.15) is 12.8 Å². The minimum Gasteiger partial charge on any atom is -0.484 e. The number of hydrogen-bond acceptors (Lipinski definition) is 5. The van der Waals surface area contributed by atoms with Crippen LogP contribution in [0, 0.1) is 0 Å². The van der Waals surface area contributed by atoms with E-state index in [4.69, 9.17) is 9.84 Å². The molecule has 3 rings (SSSR count). The highest BCUT2D eigenvalue weighted by Crippen LogP contribution is 2.25. The van der Waals surface area contributed by atoms with E-state index in [2.05, 4.69) is 4.90 Å². The van der Waals surface area contributed by atoms with Crippen LogP contribution in [-0.4, -0.2) is 79.2 Å². The van der Waals surface area contributed by atoms with Crippen LogP contribution in [0.2, 0.25) is 0 Å². The van der Waals surface area contributed by atoms with Gasteiger partial charge in [-0.3, -0.25) is 14.5 Å². The highest BCUT2D eigenvalue weighted by Gasteiger charge is 2.23. The van der Waals surface area contributed by atoms with Gasteiger partial charge in [-0.25, -0.2) is 0 Å². The number of amides is 2. The van der Waals surface area contributed by atoms with E-state index in [9.17, 15) is 9.59 Å². The monoisotopic (exact) mass is 347 g/mol. The SMILES string of the molecule is O=C(COc1cccc(N2CCCC2=O)c1)N1CCN(CCO)CC1. The molecule has 0 saturated carbocycles. The second-order valence-corrected chi connectivity index (χ2v) is 6.38. The molecule has 0 atom stereocenters. The van der Waals surface area contributed by atoms with Gasteiger partial charge in [0.15, 0.2) is 6.61 Å². The maximum absolute atomic E-state index is 12.3. The molecule has 1 aromatic rings. The number of piperazine rings is 1. The third-order valence-corrected chi connectivity index (χ3v) is 4.71. The number of aliphatic hydroxyl groups excluding tert-OH is 1. The Labute approximate surface area is 147 Å². The molecule has 0 unspecified atom stereocenters. The molecule has 0 spiro atoms. The third kappa shape index (κ3) is 4.49. The van der Waals surface area contributed by atoms with Crippen molar-refractivity contribution in [2.45, 2.75) is 12.8 Å². The molecule has 2 saturated heterocycles. The van der Waals surface area contributed by atoms with Crippen molar-refractivity contribution in [2.24, 2.45) is 0 Å². The fraction of sp³-hybridized carbons (Fsp3) is 0.556. The van der Waals surface area contributed by atoms with Gasteiger partial charge in [-0.05, 0) is 18.6 Å². The predicted octanol–water partition coefficient (Wildman–Crippen LogP) is 0.329. The second-order valence-electron chi connectivity index (χ2n) is 6.38. The second kappa shape index (κ2) is 8.31. The molecule has 2 fully saturated rings. The van der Waals surface area contributed by atoms with Crippen LogP contribution in [0.3, 0.4) is 0 Å². The fourth-order valence-electron chi connectivity index (χ4n) is 3.26. The first-order valence-corrected chi connectivity index (χ1v) is 8.81. The van der Waals surface area contributed by atoms with Crippen molar-refractivity contribution >= 4 is 17.5 Å². The lowest BCUT2D eigenvalue weighted by atomic mass is 10.2. The van der Waals surface area contributed by atoms with E-state index in [-0.39, 0.29) is 25.0 Å². The maximum Gasteiger partial charge on any atom is 0.260 e. The molecule has 0 aromatic heterocycles. The number of hydrogen-bond donors (Lipinski definition) is 1. The third-order valence-electron chi connectivity index (χ3n) is 4.71. The zero-order valence-electron chi connectivity index (χ0n) is 14.4. The van der Waals surface area contributed by atoms with Gasteiger partial charge in [0.1, 0.15) is 5.75 Å². The Kier molecular flexibility index (Phi) is 5.88. The highest BCUT2D eigenvalue weighted by molar-refractivity contribution is 5.95. The molecule has 0 bridgehead atoms. The molecular formula is C18H25N3O4. The van der Waals surface area contributed by atoms with Crippen LogP contribution in [0.25, 0.3) is 0 Å². The van der Waals surface area contributed by atoms with E-state index in [1.807, 2.05) is 18.2 Å². The van der Waals surface area contributed by atoms with Gasteiger partial charge in [0, 0.05) is 57.4 Å². The lowest BCUT2D eigenvalue weighted by Crippen LogP contribution is -2.50. The van der Waals surface area contributed by atoms with E-state index in [1.165, 1.54) is 0 Å². The Balaban J connectivity index is 1.50. The normalized spacial score (nSPS) is 18.7. The molecule has 0 radical (unpaired) electrons. The molecule has 7 nitrogen and oxygen atoms in total. The average Bonchev–Trinajstić information content (AvgIpc) is 3.07. The Morgan fingerprint density at radius 3 is 2.64 bits per heavy atom. The van der Waals surface area contributed by atoms with Crippen LogP contribution < -0.4 is 9.64 Å². The molecule has 7 heteroatoms. The standard InChI is InChI=1S/C18H25N3O4/c22-12-11-19-7-9-20(10-8-19)18(24)14-25-16-4-1-3-15(13-16)21-6-2-5-17(21)23/h1,3-4,13,22H,2,5-12,14H2. The summed E-state index contributed by atoms with van der Waals surface area (Å²) in [7, 11) is 0. The first kappa shape index (κ1) is 17.7. The smallest absolute Gasteiger partial charge is 0.260 e. The van der Waals surface area contributed by atoms with Gasteiger partial charge < -0.3 is 19.6 Å². The van der Waals surface area contributed by atoms with E-state index >= 15 is 0 Å². The van der Waals surface area contributed by atoms with Gasteiger partial charge in [0.05, 0.1) is 6.61 Å². The first-order chi connectivity index (χ1) is 12.2. The van der Waals surface area contributed by atoms with Gasteiger partial charge in [-0.1, -0.05) is 6.07 Å². The zero-order valence-corrected chi connectivity index (χ0v) is 14.4. The predicted molar refractivity (Wildman–Crippen MR) is 93.6 cm³/mol. The van der Waals surface area contributed by atoms with Gasteiger partial charge in [0.25, 0.3) is 5.91 Å². The molecule has 0 aliphatic carbocycles. The number of benzene rings is 1. The van der Waals surface area contributed by atoms with Crippen molar-refractivity contribution in [2.75, 3.05) is 57.4 Å². The first-order valence-electron chi connectivity index (χ1n) is 8.81. The number of carbonyl (C=O) groups is 2. The number of anilines is 1. The number of rotatable bonds is 6. The summed E-state index contributed by atoms with van der Waals surface area (Å²) in [5, 5.41) is 8.95. The molecule has 25 heavy (non-hydrogen) atoms. The maximum atomic E-state index is 12.3. The summed E-state index contributed by atoms with van der Waals surface area (Å²) in [6.45, 7) is 4.40. The van der Waals surface area contributed by atoms with E-state index in [0.29, 0.717) is 31.8 Å². The molecule has 2 heterocycles. The largest absolute Gasteiger partial charge is 0.484 e. The van der Waals surface area contributed by atoms with Crippen LogP contribution in [0.15, 0.2) is 24.3 Å². The van der Waals surface area contributed by atoms with E-state index in [0.717, 1.165) is 31.7 Å². The topological polar surface area (TPSA) is 73.3 Å². The van der Waals surface area contributed by atoms with Crippen molar-refractivity contribution in [3.63, 3.8) is 0 Å². The number of ether oxygens (including phenoxy) is 1. The molecule has 2 aliphatic rings. The molecule has 2 amide bonds. The molecular weight excluding hydrogens is 322 g/mol. The van der Waals surface area contributed by atoms with Gasteiger partial charge in [0.2, 0.25) is 5.91 Å². The number of aliphatic hydroxyl groups is 1. The summed E-state index contributed by atoms with van der Waals surface area (Å²) in [5.41, 5.74) is 0.824. The number of carbonyl (C=O) groups excluding carboxylic acids is 2. The van der Waals surface area contributed by atoms with Crippen LogP contribution >= 0.6 is 0 Å². The minimum atomic E-state index is -0.0358. The molecule has 136 valence electrons. The lowest BCUT2D eigenvalue weighted by molar-refractivity contribution is -0.135. The highest BCUT2D eigenvalue weighted by atomic mass is 16.5. The van der Waals surface area contributed by atoms with Crippen LogP contribution in [0.4, 0.5) is 5.69 Å². The van der Waals surface area contributed by atoms with Crippen molar-refractivity contribution < 1.29 is 19.4 Å². The summed E-state index contributed by atoms with van der Waals surface area (Å²) in [5.74, 6) is 0.699. The molecule has 1 N–H and O–H groups in total. The van der Waals surface area contributed by atoms with Gasteiger partial charge in [-0.15, -0.1) is 0 Å². The number of nitrogens with zero attached hydrogens (tertiary/aromatic N) is 3. The summed E-state index contributed by atoms with van der Waals surface area (Å²) in [6, 6.07) is 7.35. The van der Waals surface area contributed by atoms with Crippen molar-refractivity contribution in [3.8, 4) is 5.75 Å². The Bertz CT molecular complexity index is 614. The fourth-order valence-corrected chi connectivity index (χ4v) is 3.26. The molecule has 2 aliphatic heterocycles. The number of β-amino-alcohol motifs (C(OH)–C–C–N with tert-alkyl or cyclic N) is 1. The quantitative estimate of drug-likeness (QED) is 0.803. The molecule has 1 aromatic carbocycles. The van der Waals surface area contributed by atoms with Gasteiger partial charge in [-0.2, -0.15) is 0 Å². The minimum absolute atomic E-state index is 0.00258. The Hall–Kier alpha value is -2.12. The van der Waals surface area contributed by atoms with Crippen molar-refractivity contribution in [1.29, 1.82) is 0 Å². The van der Waals surface area contributed by atoms with E-state index in [1.54, 1.807) is 15.9 Å². The van der Waals surface area contributed by atoms with Crippen LogP contribution in [-0.2, 0) is 9.59 Å². The lowest BCUT2D eigenvalue weighted by Gasteiger charge is -2.34. The van der Waals surface area contributed by atoms with Crippen molar-refractivity contribution in [1.82, 2.24) is 9.80 Å². The zero-order chi connectivity index (χ0) is 17.6. The average molecular weight is 347 g/mol. The summed E-state index contributed by atoms with van der Waals surface area (Å²) in [6.07, 6.45) is 1.47. The van der Waals surface area contributed by atoms with Crippen molar-refractivity contribution in [3.05, 3.63) is 24.3 Å². The van der Waals surface area contributed by atoms with Gasteiger partial charge >= 0.3 is 0 Å².